The van der Waals surface area contributed by atoms with Gasteiger partial charge in [-0.2, -0.15) is 0 Å². The van der Waals surface area contributed by atoms with E-state index in [4.69, 9.17) is 0 Å². The van der Waals surface area contributed by atoms with Gasteiger partial charge >= 0.3 is 0 Å². The van der Waals surface area contributed by atoms with Crippen molar-refractivity contribution in [1.29, 1.82) is 0 Å². The molecule has 1 aliphatic rings. The maximum absolute atomic E-state index is 9.74. The normalized spacial score (nSPS) is 18.9. The zero-order chi connectivity index (χ0) is 15.4. The van der Waals surface area contributed by atoms with Gasteiger partial charge < -0.3 is 15.5 Å². The molecular weight excluding hydrogens is 262 g/mol. The Balaban J connectivity index is 2.03. The first kappa shape index (κ1) is 15.9. The van der Waals surface area contributed by atoms with Gasteiger partial charge in [0, 0.05) is 6.04 Å². The van der Waals surface area contributed by atoms with Gasteiger partial charge in [0.1, 0.15) is 0 Å². The molecule has 1 aromatic carbocycles. The van der Waals surface area contributed by atoms with Gasteiger partial charge in [-0.15, -0.1) is 0 Å². The summed E-state index contributed by atoms with van der Waals surface area (Å²) in [5.74, 6) is 0.602. The van der Waals surface area contributed by atoms with Crippen LogP contribution in [0.2, 0.25) is 0 Å². The van der Waals surface area contributed by atoms with E-state index in [9.17, 15) is 10.2 Å². The Morgan fingerprint density at radius 2 is 2.05 bits per heavy atom. The molecule has 2 atom stereocenters. The van der Waals surface area contributed by atoms with Crippen molar-refractivity contribution in [2.45, 2.75) is 52.5 Å². The molecule has 0 aliphatic carbocycles. The van der Waals surface area contributed by atoms with Crippen LogP contribution in [0.15, 0.2) is 23.8 Å². The van der Waals surface area contributed by atoms with Crippen molar-refractivity contribution in [3.05, 3.63) is 34.9 Å². The lowest BCUT2D eigenvalue weighted by Crippen LogP contribution is -2.31. The van der Waals surface area contributed by atoms with Gasteiger partial charge in [-0.05, 0) is 75.3 Å². The lowest BCUT2D eigenvalue weighted by molar-refractivity contribution is 0.373. The van der Waals surface area contributed by atoms with E-state index >= 15 is 0 Å². The molecule has 2 rings (SSSR count). The number of aromatic hydroxyl groups is 2. The molecule has 1 aromatic rings. The fraction of sp³-hybridized carbons (Fsp3) is 0.556. The highest BCUT2D eigenvalue weighted by molar-refractivity contribution is 5.47. The molecule has 3 N–H and O–H groups in total. The Morgan fingerprint density at radius 3 is 2.76 bits per heavy atom. The van der Waals surface area contributed by atoms with Gasteiger partial charge in [0.2, 0.25) is 0 Å². The smallest absolute Gasteiger partial charge is 0.157 e. The molecule has 0 spiro atoms. The number of nitrogens with one attached hydrogen (secondary N) is 1. The molecule has 116 valence electrons. The van der Waals surface area contributed by atoms with E-state index in [0.29, 0.717) is 5.92 Å². The highest BCUT2D eigenvalue weighted by atomic mass is 16.3. The summed E-state index contributed by atoms with van der Waals surface area (Å²) in [7, 11) is 0. The maximum Gasteiger partial charge on any atom is 0.157 e. The van der Waals surface area contributed by atoms with Crippen molar-refractivity contribution in [1.82, 2.24) is 5.32 Å². The van der Waals surface area contributed by atoms with Crippen molar-refractivity contribution < 1.29 is 10.2 Å². The molecule has 0 fully saturated rings. The predicted molar refractivity (Wildman–Crippen MR) is 86.7 cm³/mol. The number of fused-ring (bicyclic) bond motifs is 1. The third-order valence-corrected chi connectivity index (χ3v) is 4.25. The van der Waals surface area contributed by atoms with Crippen molar-refractivity contribution in [2.75, 3.05) is 6.54 Å². The molecule has 1 unspecified atom stereocenters. The molecule has 21 heavy (non-hydrogen) atoms. The number of hydrogen-bond donors (Lipinski definition) is 3. The van der Waals surface area contributed by atoms with E-state index in [1.165, 1.54) is 12.0 Å². The van der Waals surface area contributed by atoms with Gasteiger partial charge in [0.05, 0.1) is 0 Å². The van der Waals surface area contributed by atoms with Crippen LogP contribution < -0.4 is 5.32 Å². The second kappa shape index (κ2) is 6.99. The van der Waals surface area contributed by atoms with Crippen LogP contribution in [0, 0.1) is 5.92 Å². The summed E-state index contributed by atoms with van der Waals surface area (Å²) in [6.45, 7) is 7.50. The van der Waals surface area contributed by atoms with Crippen molar-refractivity contribution in [2.24, 2.45) is 5.92 Å². The predicted octanol–water partition coefficient (Wildman–Crippen LogP) is 4.06. The second-order valence-corrected chi connectivity index (χ2v) is 6.50. The fourth-order valence-corrected chi connectivity index (χ4v) is 3.06. The summed E-state index contributed by atoms with van der Waals surface area (Å²) in [5.41, 5.74) is 3.68. The lowest BCUT2D eigenvalue weighted by Gasteiger charge is -2.29. The second-order valence-electron chi connectivity index (χ2n) is 6.50. The molecule has 0 saturated carbocycles. The molecule has 0 amide bonds. The van der Waals surface area contributed by atoms with E-state index in [1.54, 1.807) is 12.1 Å². The molecule has 1 heterocycles. The Hall–Kier alpha value is -1.48. The zero-order valence-corrected chi connectivity index (χ0v) is 13.3. The van der Waals surface area contributed by atoms with Gasteiger partial charge in [0.15, 0.2) is 11.5 Å². The minimum absolute atomic E-state index is 0.00833. The summed E-state index contributed by atoms with van der Waals surface area (Å²) >= 11 is 0. The summed E-state index contributed by atoms with van der Waals surface area (Å²) < 4.78 is 0. The highest BCUT2D eigenvalue weighted by Crippen LogP contribution is 2.36. The average Bonchev–Trinajstić information content (AvgIpc) is 2.40. The molecular formula is C18H27NO2. The van der Waals surface area contributed by atoms with Crippen molar-refractivity contribution >= 4 is 0 Å². The maximum atomic E-state index is 9.74. The third-order valence-electron chi connectivity index (χ3n) is 4.25. The lowest BCUT2D eigenvalue weighted by atomic mass is 9.87. The van der Waals surface area contributed by atoms with Crippen LogP contribution in [0.5, 0.6) is 11.5 Å². The fourth-order valence-electron chi connectivity index (χ4n) is 3.06. The molecule has 3 nitrogen and oxygen atoms in total. The van der Waals surface area contributed by atoms with Gasteiger partial charge in [-0.25, -0.2) is 0 Å². The first-order chi connectivity index (χ1) is 9.97. The highest BCUT2D eigenvalue weighted by Gasteiger charge is 2.23. The number of benzene rings is 1. The van der Waals surface area contributed by atoms with Crippen LogP contribution in [-0.4, -0.2) is 16.8 Å². The molecule has 0 bridgehead atoms. The molecule has 1 aliphatic heterocycles. The van der Waals surface area contributed by atoms with Crippen LogP contribution >= 0.6 is 0 Å². The Bertz CT molecular complexity index is 518. The van der Waals surface area contributed by atoms with Gasteiger partial charge in [-0.1, -0.05) is 18.6 Å². The van der Waals surface area contributed by atoms with E-state index < -0.39 is 0 Å². The Morgan fingerprint density at radius 1 is 1.33 bits per heavy atom. The summed E-state index contributed by atoms with van der Waals surface area (Å²) in [4.78, 5) is 0. The largest absolute Gasteiger partial charge is 0.504 e. The van der Waals surface area contributed by atoms with Crippen LogP contribution in [-0.2, 0) is 6.42 Å². The number of hydrogen-bond acceptors (Lipinski definition) is 3. The standard InChI is InChI=1S/C18H27NO2/c1-12(2)5-4-6-13(3)9-16-15-11-18(21)17(20)10-14(15)7-8-19-16/h5,10-11,13,16,19-21H,4,6-9H2,1-3H3/t13-,16?/m0/s1. The molecule has 0 saturated heterocycles. The van der Waals surface area contributed by atoms with E-state index in [1.807, 2.05) is 0 Å². The van der Waals surface area contributed by atoms with Crippen LogP contribution in [0.1, 0.15) is 57.2 Å². The van der Waals surface area contributed by atoms with E-state index in [2.05, 4.69) is 32.2 Å². The SMILES string of the molecule is CC(C)=CCC[C@H](C)CC1NCCc2cc(O)c(O)cc21. The van der Waals surface area contributed by atoms with E-state index in [0.717, 1.165) is 36.9 Å². The number of phenolic OH excluding ortho intramolecular Hbond substituents is 2. The Labute approximate surface area is 127 Å². The van der Waals surface area contributed by atoms with Crippen molar-refractivity contribution in [3.63, 3.8) is 0 Å². The monoisotopic (exact) mass is 289 g/mol. The zero-order valence-electron chi connectivity index (χ0n) is 13.3. The van der Waals surface area contributed by atoms with Crippen LogP contribution in [0.25, 0.3) is 0 Å². The minimum Gasteiger partial charge on any atom is -0.504 e. The first-order valence-corrected chi connectivity index (χ1v) is 7.89. The van der Waals surface area contributed by atoms with Crippen LogP contribution in [0.4, 0.5) is 0 Å². The molecule has 3 heteroatoms. The number of phenols is 2. The van der Waals surface area contributed by atoms with Crippen LogP contribution in [0.3, 0.4) is 0 Å². The summed E-state index contributed by atoms with van der Waals surface area (Å²) in [6.07, 6.45) is 6.58. The minimum atomic E-state index is -0.0142. The van der Waals surface area contributed by atoms with Crippen molar-refractivity contribution in [3.8, 4) is 11.5 Å². The van der Waals surface area contributed by atoms with E-state index in [-0.39, 0.29) is 17.5 Å². The average molecular weight is 289 g/mol. The summed E-state index contributed by atoms with van der Waals surface area (Å²) in [5, 5.41) is 22.9. The molecule has 0 radical (unpaired) electrons. The first-order valence-electron chi connectivity index (χ1n) is 7.89. The van der Waals surface area contributed by atoms with Gasteiger partial charge in [-0.3, -0.25) is 0 Å². The number of allylic oxidation sites excluding steroid dienone is 2. The molecule has 0 aromatic heterocycles. The number of rotatable bonds is 5. The summed E-state index contributed by atoms with van der Waals surface area (Å²) in [6, 6.07) is 3.72. The van der Waals surface area contributed by atoms with Gasteiger partial charge in [0.25, 0.3) is 0 Å². The Kier molecular flexibility index (Phi) is 5.29. The quantitative estimate of drug-likeness (QED) is 0.566. The third kappa shape index (κ3) is 4.24. The topological polar surface area (TPSA) is 52.5 Å².